The van der Waals surface area contributed by atoms with Gasteiger partial charge in [0.05, 0.1) is 5.92 Å². The number of carbonyl (C=O) groups is 1. The lowest BCUT2D eigenvalue weighted by molar-refractivity contribution is -0.143. The molecule has 2 nitrogen and oxygen atoms in total. The molecule has 0 unspecified atom stereocenters. The summed E-state index contributed by atoms with van der Waals surface area (Å²) in [5, 5.41) is 8.62. The summed E-state index contributed by atoms with van der Waals surface area (Å²) in [6.07, 6.45) is 3.96. The van der Waals surface area contributed by atoms with Gasteiger partial charge in [0.1, 0.15) is 0 Å². The van der Waals surface area contributed by atoms with E-state index in [1.807, 2.05) is 0 Å². The maximum absolute atomic E-state index is 10.5. The molecule has 0 bridgehead atoms. The zero-order valence-corrected chi connectivity index (χ0v) is 7.56. The second-order valence-corrected chi connectivity index (χ2v) is 3.30. The Hall–Kier alpha value is -0.240. The Morgan fingerprint density at radius 1 is 1.27 bits per heavy atom. The third-order valence-corrected chi connectivity index (χ3v) is 2.37. The van der Waals surface area contributed by atoms with E-state index >= 15 is 0 Å². The van der Waals surface area contributed by atoms with Gasteiger partial charge in [-0.3, -0.25) is 4.79 Å². The van der Waals surface area contributed by atoms with E-state index in [-0.39, 0.29) is 18.3 Å². The third kappa shape index (κ3) is 3.10. The molecule has 11 heavy (non-hydrogen) atoms. The van der Waals surface area contributed by atoms with Crippen LogP contribution >= 0.6 is 12.4 Å². The average Bonchev–Trinajstić information content (AvgIpc) is 1.88. The molecule has 0 aliphatic heterocycles. The van der Waals surface area contributed by atoms with E-state index in [2.05, 4.69) is 6.92 Å². The Kier molecular flexibility index (Phi) is 4.50. The predicted octanol–water partition coefficient (Wildman–Crippen LogP) is 2.32. The molecule has 0 atom stereocenters. The molecule has 0 saturated heterocycles. The largest absolute Gasteiger partial charge is 0.481 e. The fraction of sp³-hybridized carbons (Fsp3) is 0.875. The monoisotopic (exact) mass is 178 g/mol. The molecule has 1 aliphatic carbocycles. The molecule has 66 valence electrons. The Balaban J connectivity index is 0.000001000. The summed E-state index contributed by atoms with van der Waals surface area (Å²) in [6.45, 7) is 2.19. The van der Waals surface area contributed by atoms with E-state index < -0.39 is 5.97 Å². The first-order valence-electron chi connectivity index (χ1n) is 3.93. The molecule has 0 amide bonds. The molecule has 1 saturated carbocycles. The smallest absolute Gasteiger partial charge is 0.306 e. The van der Waals surface area contributed by atoms with E-state index in [0.29, 0.717) is 0 Å². The first-order valence-corrected chi connectivity index (χ1v) is 3.93. The maximum atomic E-state index is 10.5. The summed E-state index contributed by atoms with van der Waals surface area (Å²) < 4.78 is 0. The van der Waals surface area contributed by atoms with Gasteiger partial charge in [-0.2, -0.15) is 0 Å². The van der Waals surface area contributed by atoms with Crippen molar-refractivity contribution < 1.29 is 9.90 Å². The standard InChI is InChI=1S/C8H14O2.ClH/c1-6-2-4-7(5-3-6)8(9)10;/h6-7H,2-5H2,1H3,(H,9,10);1H/t6-,7+;. The van der Waals surface area contributed by atoms with Crippen LogP contribution in [0.4, 0.5) is 0 Å². The molecule has 0 aromatic carbocycles. The highest BCUT2D eigenvalue weighted by molar-refractivity contribution is 5.85. The lowest BCUT2D eigenvalue weighted by atomic mass is 9.83. The van der Waals surface area contributed by atoms with Gasteiger partial charge in [-0.1, -0.05) is 6.92 Å². The quantitative estimate of drug-likeness (QED) is 0.669. The van der Waals surface area contributed by atoms with Crippen molar-refractivity contribution in [1.29, 1.82) is 0 Å². The van der Waals surface area contributed by atoms with E-state index in [1.54, 1.807) is 0 Å². The van der Waals surface area contributed by atoms with Crippen molar-refractivity contribution >= 4 is 18.4 Å². The zero-order valence-electron chi connectivity index (χ0n) is 6.75. The number of halogens is 1. The average molecular weight is 179 g/mol. The summed E-state index contributed by atoms with van der Waals surface area (Å²) in [5.74, 6) is 0.0960. The first-order chi connectivity index (χ1) is 4.70. The van der Waals surface area contributed by atoms with Gasteiger partial charge >= 0.3 is 5.97 Å². The lowest BCUT2D eigenvalue weighted by Crippen LogP contribution is -2.19. The molecule has 0 radical (unpaired) electrons. The first kappa shape index (κ1) is 10.8. The van der Waals surface area contributed by atoms with Gasteiger partial charge < -0.3 is 5.11 Å². The van der Waals surface area contributed by atoms with Crippen LogP contribution in [0, 0.1) is 11.8 Å². The van der Waals surface area contributed by atoms with Gasteiger partial charge in [-0.15, -0.1) is 12.4 Å². The van der Waals surface area contributed by atoms with E-state index in [0.717, 1.165) is 31.6 Å². The topological polar surface area (TPSA) is 37.3 Å². The molecule has 1 rings (SSSR count). The summed E-state index contributed by atoms with van der Waals surface area (Å²) in [5.41, 5.74) is 0. The minimum absolute atomic E-state index is 0. The highest BCUT2D eigenvalue weighted by Crippen LogP contribution is 2.27. The second kappa shape index (κ2) is 4.60. The number of hydrogen-bond donors (Lipinski definition) is 1. The van der Waals surface area contributed by atoms with E-state index in [1.165, 1.54) is 0 Å². The number of carboxylic acids is 1. The fourth-order valence-electron chi connectivity index (χ4n) is 1.51. The van der Waals surface area contributed by atoms with Crippen molar-refractivity contribution in [3.05, 3.63) is 0 Å². The molecule has 1 aliphatic rings. The van der Waals surface area contributed by atoms with Gasteiger partial charge in [0, 0.05) is 0 Å². The van der Waals surface area contributed by atoms with Crippen molar-refractivity contribution in [2.75, 3.05) is 0 Å². The van der Waals surface area contributed by atoms with Crippen LogP contribution in [0.2, 0.25) is 0 Å². The van der Waals surface area contributed by atoms with Crippen LogP contribution in [0.5, 0.6) is 0 Å². The number of carboxylic acid groups (broad SMARTS) is 1. The minimum Gasteiger partial charge on any atom is -0.481 e. The Labute approximate surface area is 73.4 Å². The normalized spacial score (nSPS) is 30.6. The summed E-state index contributed by atoms with van der Waals surface area (Å²) in [7, 11) is 0. The minimum atomic E-state index is -0.605. The van der Waals surface area contributed by atoms with Crippen molar-refractivity contribution in [3.8, 4) is 0 Å². The van der Waals surface area contributed by atoms with Crippen LogP contribution in [0.1, 0.15) is 32.6 Å². The molecule has 0 aromatic rings. The van der Waals surface area contributed by atoms with Crippen LogP contribution in [-0.2, 0) is 4.79 Å². The molecule has 3 heteroatoms. The van der Waals surface area contributed by atoms with Gasteiger partial charge in [0.2, 0.25) is 0 Å². The summed E-state index contributed by atoms with van der Waals surface area (Å²) in [4.78, 5) is 10.5. The number of rotatable bonds is 1. The highest BCUT2D eigenvalue weighted by atomic mass is 35.5. The molecule has 1 fully saturated rings. The Bertz CT molecular complexity index is 128. The van der Waals surface area contributed by atoms with Gasteiger partial charge in [0.15, 0.2) is 0 Å². The van der Waals surface area contributed by atoms with Crippen molar-refractivity contribution in [2.45, 2.75) is 32.6 Å². The van der Waals surface area contributed by atoms with Crippen LogP contribution in [0.25, 0.3) is 0 Å². The van der Waals surface area contributed by atoms with Crippen LogP contribution in [0.15, 0.2) is 0 Å². The third-order valence-electron chi connectivity index (χ3n) is 2.37. The zero-order chi connectivity index (χ0) is 7.56. The number of aliphatic carboxylic acids is 1. The fourth-order valence-corrected chi connectivity index (χ4v) is 1.51. The molecule has 0 spiro atoms. The highest BCUT2D eigenvalue weighted by Gasteiger charge is 2.23. The maximum Gasteiger partial charge on any atom is 0.306 e. The van der Waals surface area contributed by atoms with Gasteiger partial charge in [-0.25, -0.2) is 0 Å². The van der Waals surface area contributed by atoms with Crippen molar-refractivity contribution in [2.24, 2.45) is 11.8 Å². The molecule has 0 heterocycles. The molecular weight excluding hydrogens is 164 g/mol. The SMILES string of the molecule is C[C@H]1CC[C@@H](C(=O)O)CC1.Cl. The molecule has 0 aromatic heterocycles. The summed E-state index contributed by atoms with van der Waals surface area (Å²) >= 11 is 0. The second-order valence-electron chi connectivity index (χ2n) is 3.30. The van der Waals surface area contributed by atoms with Crippen molar-refractivity contribution in [1.82, 2.24) is 0 Å². The molecule has 1 N–H and O–H groups in total. The lowest BCUT2D eigenvalue weighted by Gasteiger charge is -2.22. The van der Waals surface area contributed by atoms with Gasteiger partial charge in [0.25, 0.3) is 0 Å². The number of hydrogen-bond acceptors (Lipinski definition) is 1. The van der Waals surface area contributed by atoms with Crippen LogP contribution in [-0.4, -0.2) is 11.1 Å². The van der Waals surface area contributed by atoms with Crippen LogP contribution < -0.4 is 0 Å². The van der Waals surface area contributed by atoms with Crippen molar-refractivity contribution in [3.63, 3.8) is 0 Å². The van der Waals surface area contributed by atoms with Crippen LogP contribution in [0.3, 0.4) is 0 Å². The Morgan fingerprint density at radius 2 is 1.73 bits per heavy atom. The van der Waals surface area contributed by atoms with E-state index in [9.17, 15) is 4.79 Å². The molecular formula is C8H15ClO2. The Morgan fingerprint density at radius 3 is 2.09 bits per heavy atom. The van der Waals surface area contributed by atoms with E-state index in [4.69, 9.17) is 5.11 Å². The predicted molar refractivity (Wildman–Crippen MR) is 46.0 cm³/mol. The summed E-state index contributed by atoms with van der Waals surface area (Å²) in [6, 6.07) is 0. The van der Waals surface area contributed by atoms with Gasteiger partial charge in [-0.05, 0) is 31.6 Å².